The molecule has 1 N–H and O–H groups in total. The molecule has 0 unspecified atom stereocenters. The van der Waals surface area contributed by atoms with Gasteiger partial charge in [0.1, 0.15) is 5.84 Å². The lowest BCUT2D eigenvalue weighted by Gasteiger charge is -2.10. The zero-order valence-corrected chi connectivity index (χ0v) is 9.90. The first-order chi connectivity index (χ1) is 8.34. The summed E-state index contributed by atoms with van der Waals surface area (Å²) in [6.07, 6.45) is 4.05. The van der Waals surface area contributed by atoms with Gasteiger partial charge < -0.3 is 5.32 Å². The third-order valence-corrected chi connectivity index (χ3v) is 3.18. The van der Waals surface area contributed by atoms with Gasteiger partial charge in [-0.3, -0.25) is 9.98 Å². The van der Waals surface area contributed by atoms with Crippen LogP contribution < -0.4 is 5.32 Å². The molecule has 0 bridgehead atoms. The summed E-state index contributed by atoms with van der Waals surface area (Å²) in [5.74, 6) is 1.10. The van der Waals surface area contributed by atoms with E-state index >= 15 is 0 Å². The SMILES string of the molecule is Cc1c(NC2=NCCC2)ccc2cccnc12. The van der Waals surface area contributed by atoms with E-state index in [1.54, 1.807) is 0 Å². The molecule has 0 saturated carbocycles. The predicted molar refractivity (Wildman–Crippen MR) is 71.6 cm³/mol. The van der Waals surface area contributed by atoms with Gasteiger partial charge >= 0.3 is 0 Å². The zero-order valence-electron chi connectivity index (χ0n) is 9.90. The fourth-order valence-corrected chi connectivity index (χ4v) is 2.22. The Morgan fingerprint density at radius 2 is 2.18 bits per heavy atom. The second-order valence-electron chi connectivity index (χ2n) is 4.37. The van der Waals surface area contributed by atoms with Crippen molar-refractivity contribution < 1.29 is 0 Å². The van der Waals surface area contributed by atoms with E-state index < -0.39 is 0 Å². The number of hydrogen-bond donors (Lipinski definition) is 1. The molecule has 0 fully saturated rings. The quantitative estimate of drug-likeness (QED) is 0.809. The molecule has 0 atom stereocenters. The van der Waals surface area contributed by atoms with E-state index in [-0.39, 0.29) is 0 Å². The number of aromatic nitrogens is 1. The number of rotatable bonds is 1. The summed E-state index contributed by atoms with van der Waals surface area (Å²) in [4.78, 5) is 8.87. The molecule has 0 aliphatic carbocycles. The number of nitrogens with zero attached hydrogens (tertiary/aromatic N) is 2. The molecule has 1 aromatic carbocycles. The van der Waals surface area contributed by atoms with Gasteiger partial charge in [-0.25, -0.2) is 0 Å². The Morgan fingerprint density at radius 3 is 3.00 bits per heavy atom. The maximum absolute atomic E-state index is 4.44. The first-order valence-corrected chi connectivity index (χ1v) is 5.99. The van der Waals surface area contributed by atoms with E-state index in [2.05, 4.69) is 40.4 Å². The lowest BCUT2D eigenvalue weighted by atomic mass is 10.1. The van der Waals surface area contributed by atoms with Crippen molar-refractivity contribution >= 4 is 22.4 Å². The average molecular weight is 225 g/mol. The number of pyridine rings is 1. The Labute approximate surface area is 101 Å². The normalized spacial score (nSPS) is 15.0. The first kappa shape index (κ1) is 10.3. The van der Waals surface area contributed by atoms with Crippen LogP contribution >= 0.6 is 0 Å². The smallest absolute Gasteiger partial charge is 0.101 e. The van der Waals surface area contributed by atoms with Gasteiger partial charge in [-0.05, 0) is 31.0 Å². The molecule has 0 spiro atoms. The van der Waals surface area contributed by atoms with Crippen LogP contribution in [-0.2, 0) is 0 Å². The highest BCUT2D eigenvalue weighted by Gasteiger charge is 2.09. The molecule has 1 aromatic heterocycles. The predicted octanol–water partition coefficient (Wildman–Crippen LogP) is 3.15. The van der Waals surface area contributed by atoms with Crippen molar-refractivity contribution in [3.63, 3.8) is 0 Å². The van der Waals surface area contributed by atoms with E-state index in [1.807, 2.05) is 12.3 Å². The van der Waals surface area contributed by atoms with Crippen LogP contribution in [0.2, 0.25) is 0 Å². The largest absolute Gasteiger partial charge is 0.344 e. The Morgan fingerprint density at radius 1 is 1.24 bits per heavy atom. The second kappa shape index (κ2) is 4.17. The van der Waals surface area contributed by atoms with Crippen molar-refractivity contribution in [2.45, 2.75) is 19.8 Å². The van der Waals surface area contributed by atoms with E-state index in [0.717, 1.165) is 36.4 Å². The van der Waals surface area contributed by atoms with Crippen LogP contribution in [0.25, 0.3) is 10.9 Å². The standard InChI is InChI=1S/C14H15N3/c1-10-12(17-13-5-3-8-15-13)7-6-11-4-2-9-16-14(10)11/h2,4,6-7,9H,3,5,8H2,1H3,(H,15,17). The second-order valence-corrected chi connectivity index (χ2v) is 4.37. The summed E-state index contributed by atoms with van der Waals surface area (Å²) < 4.78 is 0. The van der Waals surface area contributed by atoms with Crippen LogP contribution in [0.5, 0.6) is 0 Å². The molecule has 2 heterocycles. The highest BCUT2D eigenvalue weighted by atomic mass is 15.0. The summed E-state index contributed by atoms with van der Waals surface area (Å²) >= 11 is 0. The number of hydrogen-bond acceptors (Lipinski definition) is 3. The molecule has 2 aromatic rings. The molecule has 3 rings (SSSR count). The summed E-state index contributed by atoms with van der Waals surface area (Å²) in [5, 5.41) is 4.60. The fourth-order valence-electron chi connectivity index (χ4n) is 2.22. The molecule has 3 nitrogen and oxygen atoms in total. The van der Waals surface area contributed by atoms with Crippen molar-refractivity contribution in [2.75, 3.05) is 11.9 Å². The molecule has 86 valence electrons. The monoisotopic (exact) mass is 225 g/mol. The number of benzene rings is 1. The van der Waals surface area contributed by atoms with Crippen molar-refractivity contribution in [3.8, 4) is 0 Å². The molecule has 3 heteroatoms. The van der Waals surface area contributed by atoms with Crippen LogP contribution in [-0.4, -0.2) is 17.4 Å². The van der Waals surface area contributed by atoms with Gasteiger partial charge in [0, 0.05) is 30.2 Å². The molecule has 0 amide bonds. The molecular weight excluding hydrogens is 210 g/mol. The molecule has 1 aliphatic heterocycles. The van der Waals surface area contributed by atoms with Crippen molar-refractivity contribution in [1.82, 2.24) is 4.98 Å². The van der Waals surface area contributed by atoms with Gasteiger partial charge in [0.25, 0.3) is 0 Å². The highest BCUT2D eigenvalue weighted by molar-refractivity contribution is 5.99. The minimum absolute atomic E-state index is 0.952. The number of nitrogens with one attached hydrogen (secondary N) is 1. The highest BCUT2D eigenvalue weighted by Crippen LogP contribution is 2.24. The van der Waals surface area contributed by atoms with E-state index in [0.29, 0.717) is 0 Å². The molecular formula is C14H15N3. The van der Waals surface area contributed by atoms with Crippen LogP contribution in [0, 0.1) is 6.92 Å². The number of aryl methyl sites for hydroxylation is 1. The number of anilines is 1. The van der Waals surface area contributed by atoms with Crippen molar-refractivity contribution in [1.29, 1.82) is 0 Å². The third-order valence-electron chi connectivity index (χ3n) is 3.18. The summed E-state index contributed by atoms with van der Waals surface area (Å²) in [7, 11) is 0. The van der Waals surface area contributed by atoms with Gasteiger partial charge in [0.05, 0.1) is 5.52 Å². The Bertz CT molecular complexity index is 587. The minimum atomic E-state index is 0.952. The Balaban J connectivity index is 2.02. The lowest BCUT2D eigenvalue weighted by molar-refractivity contribution is 0.951. The van der Waals surface area contributed by atoms with Gasteiger partial charge in [0.15, 0.2) is 0 Å². The maximum atomic E-state index is 4.44. The number of fused-ring (bicyclic) bond motifs is 1. The Hall–Kier alpha value is -1.90. The lowest BCUT2D eigenvalue weighted by Crippen LogP contribution is -2.09. The van der Waals surface area contributed by atoms with E-state index in [4.69, 9.17) is 0 Å². The van der Waals surface area contributed by atoms with E-state index in [9.17, 15) is 0 Å². The van der Waals surface area contributed by atoms with Gasteiger partial charge in [-0.1, -0.05) is 12.1 Å². The van der Waals surface area contributed by atoms with Crippen molar-refractivity contribution in [2.24, 2.45) is 4.99 Å². The summed E-state index contributed by atoms with van der Waals surface area (Å²) in [5.41, 5.74) is 3.38. The zero-order chi connectivity index (χ0) is 11.7. The van der Waals surface area contributed by atoms with Gasteiger partial charge in [0.2, 0.25) is 0 Å². The van der Waals surface area contributed by atoms with Crippen LogP contribution in [0.15, 0.2) is 35.5 Å². The summed E-state index contributed by atoms with van der Waals surface area (Å²) in [6, 6.07) is 8.27. The Kier molecular flexibility index (Phi) is 2.52. The van der Waals surface area contributed by atoms with Crippen LogP contribution in [0.1, 0.15) is 18.4 Å². The molecule has 0 saturated heterocycles. The van der Waals surface area contributed by atoms with Crippen LogP contribution in [0.3, 0.4) is 0 Å². The maximum Gasteiger partial charge on any atom is 0.101 e. The van der Waals surface area contributed by atoms with Crippen LogP contribution in [0.4, 0.5) is 5.69 Å². The molecule has 1 aliphatic rings. The average Bonchev–Trinajstić information content (AvgIpc) is 2.86. The van der Waals surface area contributed by atoms with E-state index in [1.165, 1.54) is 10.9 Å². The number of amidine groups is 1. The topological polar surface area (TPSA) is 37.3 Å². The van der Waals surface area contributed by atoms with Gasteiger partial charge in [-0.2, -0.15) is 0 Å². The third kappa shape index (κ3) is 1.88. The van der Waals surface area contributed by atoms with Crippen molar-refractivity contribution in [3.05, 3.63) is 36.0 Å². The molecule has 0 radical (unpaired) electrons. The first-order valence-electron chi connectivity index (χ1n) is 5.99. The number of aliphatic imine (C=N–C) groups is 1. The van der Waals surface area contributed by atoms with Gasteiger partial charge in [-0.15, -0.1) is 0 Å². The fraction of sp³-hybridized carbons (Fsp3) is 0.286. The minimum Gasteiger partial charge on any atom is -0.344 e. The molecule has 17 heavy (non-hydrogen) atoms. The summed E-state index contributed by atoms with van der Waals surface area (Å²) in [6.45, 7) is 3.06.